The zero-order valence-corrected chi connectivity index (χ0v) is 32.9. The molecule has 9 nitrogen and oxygen atoms in total. The lowest BCUT2D eigenvalue weighted by Gasteiger charge is -2.42. The van der Waals surface area contributed by atoms with Crippen molar-refractivity contribution in [3.05, 3.63) is 0 Å². The second-order valence-corrected chi connectivity index (χ2v) is 20.1. The minimum absolute atomic E-state index is 0. The van der Waals surface area contributed by atoms with E-state index in [0.717, 1.165) is 89.0 Å². The van der Waals surface area contributed by atoms with E-state index in [1.165, 1.54) is 0 Å². The predicted molar refractivity (Wildman–Crippen MR) is 193 cm³/mol. The van der Waals surface area contributed by atoms with Crippen molar-refractivity contribution in [3.63, 3.8) is 0 Å². The van der Waals surface area contributed by atoms with Crippen LogP contribution in [0.2, 0.25) is 18.1 Å². The Kier molecular flexibility index (Phi) is 19.8. The van der Waals surface area contributed by atoms with Gasteiger partial charge in [-0.25, -0.2) is 0 Å². The molecule has 0 radical (unpaired) electrons. The van der Waals surface area contributed by atoms with Crippen LogP contribution in [0.4, 0.5) is 0 Å². The second-order valence-electron chi connectivity index (χ2n) is 14.5. The standard InChI is InChI=1S/C15H26O4.C11H18O4.C9H21BrOSi.CH4/c1-3-5-6-14(13(16)17-4-2)7-9-15(10-8-14)18-11-12-19-15;1-2-13-10(12)9-3-5-11(6-4-9)14-7-8-15-11;1-9(2,3)12(4,5)11-8-6-7-10;/h3-12H2,1-2H3;9H,2-8H2,1H3;6-8H2,1-5H3;1H4. The van der Waals surface area contributed by atoms with Crippen LogP contribution in [0.25, 0.3) is 0 Å². The van der Waals surface area contributed by atoms with Crippen LogP contribution in [0.3, 0.4) is 0 Å². The molecule has 278 valence electrons. The molecule has 2 spiro atoms. The van der Waals surface area contributed by atoms with E-state index in [2.05, 4.69) is 56.7 Å². The van der Waals surface area contributed by atoms with Crippen molar-refractivity contribution < 1.29 is 42.4 Å². The molecule has 0 amide bonds. The number of rotatable bonds is 11. The lowest BCUT2D eigenvalue weighted by molar-refractivity contribution is -0.200. The summed E-state index contributed by atoms with van der Waals surface area (Å²) in [6, 6.07) is 0. The van der Waals surface area contributed by atoms with Gasteiger partial charge in [-0.3, -0.25) is 9.59 Å². The van der Waals surface area contributed by atoms with Gasteiger partial charge in [-0.15, -0.1) is 0 Å². The maximum absolute atomic E-state index is 12.3. The van der Waals surface area contributed by atoms with Crippen LogP contribution in [-0.2, 0) is 42.4 Å². The number of halogens is 1. The number of unbranched alkanes of at least 4 members (excludes halogenated alkanes) is 1. The third-order valence-corrected chi connectivity index (χ3v) is 15.3. The summed E-state index contributed by atoms with van der Waals surface area (Å²) in [5.41, 5.74) is -0.299. The van der Waals surface area contributed by atoms with Gasteiger partial charge in [-0.2, -0.15) is 0 Å². The Balaban J connectivity index is 0.000000359. The third kappa shape index (κ3) is 13.6. The molecule has 0 bridgehead atoms. The van der Waals surface area contributed by atoms with Crippen molar-refractivity contribution in [2.45, 2.75) is 156 Å². The van der Waals surface area contributed by atoms with Gasteiger partial charge in [0, 0.05) is 37.6 Å². The minimum atomic E-state index is -1.46. The summed E-state index contributed by atoms with van der Waals surface area (Å²) in [4.78, 5) is 23.8. The number of alkyl halides is 1. The first-order valence-electron chi connectivity index (χ1n) is 17.8. The molecule has 0 aromatic carbocycles. The number of carbonyl (C=O) groups is 2. The van der Waals surface area contributed by atoms with E-state index >= 15 is 0 Å². The van der Waals surface area contributed by atoms with Gasteiger partial charge in [-0.1, -0.05) is 63.9 Å². The lowest BCUT2D eigenvalue weighted by atomic mass is 9.69. The zero-order chi connectivity index (χ0) is 34.3. The fraction of sp³-hybridized carbons (Fsp3) is 0.944. The van der Waals surface area contributed by atoms with E-state index in [1.807, 2.05) is 13.8 Å². The fourth-order valence-electron chi connectivity index (χ4n) is 6.19. The van der Waals surface area contributed by atoms with E-state index in [0.29, 0.717) is 44.7 Å². The van der Waals surface area contributed by atoms with Gasteiger partial charge in [0.2, 0.25) is 0 Å². The summed E-state index contributed by atoms with van der Waals surface area (Å²) >= 11 is 3.40. The normalized spacial score (nSPS) is 22.7. The summed E-state index contributed by atoms with van der Waals surface area (Å²) < 4.78 is 38.9. The Morgan fingerprint density at radius 2 is 1.28 bits per heavy atom. The molecule has 2 heterocycles. The quantitative estimate of drug-likeness (QED) is 0.0887. The SMILES string of the molecule is C.CC(C)(C)[Si](C)(C)OCCCBr.CCCCC1(C(=O)OCC)CCC2(CC1)OCCO2.CCOC(=O)C1CCC2(CC1)OCCO2. The molecule has 2 aliphatic carbocycles. The van der Waals surface area contributed by atoms with Gasteiger partial charge in [0.1, 0.15) is 0 Å². The van der Waals surface area contributed by atoms with Crippen LogP contribution < -0.4 is 0 Å². The molecule has 0 unspecified atom stereocenters. The molecular formula is C36H69BrO9Si. The molecular weight excluding hydrogens is 684 g/mol. The third-order valence-electron chi connectivity index (χ3n) is 10.2. The number of hydrogen-bond acceptors (Lipinski definition) is 9. The molecule has 0 aromatic heterocycles. The first kappa shape index (κ1) is 44.5. The summed E-state index contributed by atoms with van der Waals surface area (Å²) in [5, 5.41) is 1.39. The number of carbonyl (C=O) groups excluding carboxylic acids is 2. The largest absolute Gasteiger partial charge is 0.466 e. The maximum atomic E-state index is 12.3. The van der Waals surface area contributed by atoms with Crippen molar-refractivity contribution in [2.24, 2.45) is 11.3 Å². The molecule has 4 rings (SSSR count). The first-order valence-corrected chi connectivity index (χ1v) is 21.9. The van der Waals surface area contributed by atoms with Crippen LogP contribution in [0, 0.1) is 11.3 Å². The smallest absolute Gasteiger partial charge is 0.312 e. The number of ether oxygens (including phenoxy) is 6. The highest BCUT2D eigenvalue weighted by Crippen LogP contribution is 2.48. The molecule has 11 heteroatoms. The molecule has 4 aliphatic rings. The molecule has 2 aliphatic heterocycles. The van der Waals surface area contributed by atoms with Crippen molar-refractivity contribution in [2.75, 3.05) is 51.6 Å². The van der Waals surface area contributed by atoms with Gasteiger partial charge in [0.15, 0.2) is 19.9 Å². The Labute approximate surface area is 296 Å². The second kappa shape index (κ2) is 21.0. The maximum Gasteiger partial charge on any atom is 0.312 e. The highest BCUT2D eigenvalue weighted by Gasteiger charge is 2.50. The zero-order valence-electron chi connectivity index (χ0n) is 30.3. The average molecular weight is 754 g/mol. The van der Waals surface area contributed by atoms with E-state index in [1.54, 1.807) is 0 Å². The van der Waals surface area contributed by atoms with E-state index < -0.39 is 14.1 Å². The first-order chi connectivity index (χ1) is 21.7. The molecule has 0 aromatic rings. The molecule has 2 saturated heterocycles. The van der Waals surface area contributed by atoms with E-state index in [4.69, 9.17) is 32.8 Å². The fourth-order valence-corrected chi connectivity index (χ4v) is 7.50. The van der Waals surface area contributed by atoms with Crippen LogP contribution in [0.1, 0.15) is 126 Å². The average Bonchev–Trinajstić information content (AvgIpc) is 3.68. The molecule has 2 saturated carbocycles. The van der Waals surface area contributed by atoms with Gasteiger partial charge < -0.3 is 32.8 Å². The lowest BCUT2D eigenvalue weighted by Crippen LogP contribution is -2.44. The Bertz CT molecular complexity index is 875. The van der Waals surface area contributed by atoms with Crippen molar-refractivity contribution in [1.29, 1.82) is 0 Å². The summed E-state index contributed by atoms with van der Waals surface area (Å²) in [7, 11) is -1.46. The molecule has 0 N–H and O–H groups in total. The molecule has 0 atom stereocenters. The van der Waals surface area contributed by atoms with Crippen molar-refractivity contribution in [3.8, 4) is 0 Å². The minimum Gasteiger partial charge on any atom is -0.466 e. The Morgan fingerprint density at radius 1 is 0.787 bits per heavy atom. The highest BCUT2D eigenvalue weighted by atomic mass is 79.9. The van der Waals surface area contributed by atoms with Gasteiger partial charge in [-0.05, 0) is 70.5 Å². The molecule has 47 heavy (non-hydrogen) atoms. The number of esters is 2. The summed E-state index contributed by atoms with van der Waals surface area (Å²) in [6.45, 7) is 21.8. The Hall–Kier alpha value is -0.563. The van der Waals surface area contributed by atoms with Gasteiger partial charge >= 0.3 is 11.9 Å². The van der Waals surface area contributed by atoms with Crippen molar-refractivity contribution >= 4 is 36.2 Å². The molecule has 4 fully saturated rings. The van der Waals surface area contributed by atoms with Crippen LogP contribution >= 0.6 is 15.9 Å². The van der Waals surface area contributed by atoms with Crippen LogP contribution in [-0.4, -0.2) is 83.4 Å². The summed E-state index contributed by atoms with van der Waals surface area (Å²) in [6.07, 6.45) is 10.8. The van der Waals surface area contributed by atoms with Gasteiger partial charge in [0.25, 0.3) is 0 Å². The van der Waals surface area contributed by atoms with E-state index in [9.17, 15) is 9.59 Å². The summed E-state index contributed by atoms with van der Waals surface area (Å²) in [5.74, 6) is -0.810. The monoisotopic (exact) mass is 752 g/mol. The van der Waals surface area contributed by atoms with Crippen LogP contribution in [0.5, 0.6) is 0 Å². The van der Waals surface area contributed by atoms with Crippen LogP contribution in [0.15, 0.2) is 0 Å². The Morgan fingerprint density at radius 3 is 1.70 bits per heavy atom. The van der Waals surface area contributed by atoms with Gasteiger partial charge in [0.05, 0.1) is 51.0 Å². The van der Waals surface area contributed by atoms with E-state index in [-0.39, 0.29) is 36.5 Å². The highest BCUT2D eigenvalue weighted by molar-refractivity contribution is 9.09. The topological polar surface area (TPSA) is 98.8 Å². The van der Waals surface area contributed by atoms with Crippen molar-refractivity contribution in [1.82, 2.24) is 0 Å². The predicted octanol–water partition coefficient (Wildman–Crippen LogP) is 8.96. The number of hydrogen-bond donors (Lipinski definition) is 0.